The maximum atomic E-state index is 12.3. The molecule has 0 aliphatic rings. The molecule has 1 N–H and O–H groups in total. The van der Waals surface area contributed by atoms with Crippen LogP contribution < -0.4 is 5.32 Å². The zero-order valence-corrected chi connectivity index (χ0v) is 14.7. The Labute approximate surface area is 137 Å². The Kier molecular flexibility index (Phi) is 6.42. The van der Waals surface area contributed by atoms with Gasteiger partial charge in [0.25, 0.3) is 0 Å². The number of hydrogen-bond acceptors (Lipinski definition) is 2. The van der Waals surface area contributed by atoms with Crippen molar-refractivity contribution in [3.63, 3.8) is 0 Å². The van der Waals surface area contributed by atoms with Gasteiger partial charge < -0.3 is 10.2 Å². The van der Waals surface area contributed by atoms with Crippen molar-refractivity contribution in [1.29, 1.82) is 0 Å². The largest absolute Gasteiger partial charge is 0.350 e. The van der Waals surface area contributed by atoms with Gasteiger partial charge in [-0.3, -0.25) is 9.59 Å². The van der Waals surface area contributed by atoms with Crippen molar-refractivity contribution in [2.24, 2.45) is 0 Å². The van der Waals surface area contributed by atoms with E-state index in [0.29, 0.717) is 18.0 Å². The second-order valence-corrected chi connectivity index (χ2v) is 6.86. The number of amides is 2. The summed E-state index contributed by atoms with van der Waals surface area (Å²) < 4.78 is 0. The molecule has 0 aromatic heterocycles. The molecular weight excluding hydrogens is 300 g/mol. The van der Waals surface area contributed by atoms with E-state index >= 15 is 0 Å². The molecule has 1 rings (SSSR count). The molecule has 0 spiro atoms. The summed E-state index contributed by atoms with van der Waals surface area (Å²) in [5, 5.41) is 3.54. The van der Waals surface area contributed by atoms with Gasteiger partial charge in [-0.05, 0) is 45.4 Å². The van der Waals surface area contributed by atoms with Crippen LogP contribution in [-0.4, -0.2) is 28.3 Å². The van der Waals surface area contributed by atoms with Gasteiger partial charge in [-0.2, -0.15) is 0 Å². The summed E-state index contributed by atoms with van der Waals surface area (Å²) in [6, 6.07) is 6.80. The number of benzene rings is 1. The van der Waals surface area contributed by atoms with E-state index in [0.717, 1.165) is 5.56 Å². The number of nitrogens with zero attached hydrogens (tertiary/aromatic N) is 1. The van der Waals surface area contributed by atoms with Crippen molar-refractivity contribution >= 4 is 23.4 Å². The highest BCUT2D eigenvalue weighted by atomic mass is 35.5. The lowest BCUT2D eigenvalue weighted by atomic mass is 10.1. The molecular formula is C17H25ClN2O2. The van der Waals surface area contributed by atoms with Crippen molar-refractivity contribution in [2.75, 3.05) is 0 Å². The lowest BCUT2D eigenvalue weighted by molar-refractivity contribution is -0.141. The van der Waals surface area contributed by atoms with Crippen molar-refractivity contribution in [3.8, 4) is 0 Å². The molecule has 2 amide bonds. The fraction of sp³-hybridized carbons (Fsp3) is 0.529. The highest BCUT2D eigenvalue weighted by molar-refractivity contribution is 6.30. The molecule has 0 aliphatic carbocycles. The van der Waals surface area contributed by atoms with E-state index in [1.54, 1.807) is 24.8 Å². The standard InChI is InChI=1S/C17H25ClN2O2/c1-6-15(21)20(11-13-8-7-9-14(18)10-13)12(2)16(22)19-17(3,4)5/h7-10,12H,6,11H2,1-5H3,(H,19,22)/t12-/m0/s1. The van der Waals surface area contributed by atoms with Gasteiger partial charge in [0.2, 0.25) is 11.8 Å². The van der Waals surface area contributed by atoms with Crippen molar-refractivity contribution < 1.29 is 9.59 Å². The minimum absolute atomic E-state index is 0.0588. The van der Waals surface area contributed by atoms with Crippen LogP contribution in [0.25, 0.3) is 0 Å². The Morgan fingerprint density at radius 1 is 1.32 bits per heavy atom. The van der Waals surface area contributed by atoms with Gasteiger partial charge in [-0.15, -0.1) is 0 Å². The predicted molar refractivity (Wildman–Crippen MR) is 89.7 cm³/mol. The quantitative estimate of drug-likeness (QED) is 0.902. The van der Waals surface area contributed by atoms with Gasteiger partial charge in [-0.1, -0.05) is 30.7 Å². The fourth-order valence-corrected chi connectivity index (χ4v) is 2.30. The summed E-state index contributed by atoms with van der Waals surface area (Å²) in [6.07, 6.45) is 0.355. The number of rotatable bonds is 5. The molecule has 0 aliphatic heterocycles. The number of carbonyl (C=O) groups excluding carboxylic acids is 2. The zero-order chi connectivity index (χ0) is 16.9. The topological polar surface area (TPSA) is 49.4 Å². The summed E-state index contributed by atoms with van der Waals surface area (Å²) in [6.45, 7) is 9.66. The minimum atomic E-state index is -0.536. The Morgan fingerprint density at radius 2 is 1.95 bits per heavy atom. The lowest BCUT2D eigenvalue weighted by Crippen LogP contribution is -2.52. The fourth-order valence-electron chi connectivity index (χ4n) is 2.09. The number of hydrogen-bond donors (Lipinski definition) is 1. The number of carbonyl (C=O) groups is 2. The Balaban J connectivity index is 2.93. The number of halogens is 1. The molecule has 1 aromatic carbocycles. The molecule has 0 heterocycles. The lowest BCUT2D eigenvalue weighted by Gasteiger charge is -2.31. The second-order valence-electron chi connectivity index (χ2n) is 6.42. The predicted octanol–water partition coefficient (Wildman–Crippen LogP) is 3.38. The van der Waals surface area contributed by atoms with Crippen LogP contribution >= 0.6 is 11.6 Å². The van der Waals surface area contributed by atoms with E-state index in [9.17, 15) is 9.59 Å². The van der Waals surface area contributed by atoms with Crippen LogP contribution in [0.4, 0.5) is 0 Å². The molecule has 0 bridgehead atoms. The van der Waals surface area contributed by atoms with Crippen LogP contribution in [0.2, 0.25) is 5.02 Å². The molecule has 122 valence electrons. The average molecular weight is 325 g/mol. The molecule has 0 saturated carbocycles. The molecule has 22 heavy (non-hydrogen) atoms. The van der Waals surface area contributed by atoms with Crippen LogP contribution in [0.5, 0.6) is 0 Å². The zero-order valence-electron chi connectivity index (χ0n) is 13.9. The molecule has 0 unspecified atom stereocenters. The van der Waals surface area contributed by atoms with E-state index in [1.165, 1.54) is 0 Å². The first kappa shape index (κ1) is 18.5. The summed E-state index contributed by atoms with van der Waals surface area (Å²) in [4.78, 5) is 26.2. The Morgan fingerprint density at radius 3 is 2.45 bits per heavy atom. The third-order valence-electron chi connectivity index (χ3n) is 3.21. The maximum Gasteiger partial charge on any atom is 0.242 e. The first-order valence-electron chi connectivity index (χ1n) is 7.50. The summed E-state index contributed by atoms with van der Waals surface area (Å²) >= 11 is 5.99. The van der Waals surface area contributed by atoms with Crippen LogP contribution in [0.3, 0.4) is 0 Å². The molecule has 1 aromatic rings. The van der Waals surface area contributed by atoms with E-state index in [-0.39, 0.29) is 17.4 Å². The van der Waals surface area contributed by atoms with Crippen LogP contribution in [-0.2, 0) is 16.1 Å². The van der Waals surface area contributed by atoms with Crippen LogP contribution in [0.15, 0.2) is 24.3 Å². The molecule has 0 radical (unpaired) electrons. The average Bonchev–Trinajstić information content (AvgIpc) is 2.41. The normalized spacial score (nSPS) is 12.6. The van der Waals surface area contributed by atoms with Gasteiger partial charge in [0.1, 0.15) is 6.04 Å². The number of nitrogens with one attached hydrogen (secondary N) is 1. The van der Waals surface area contributed by atoms with Gasteiger partial charge in [0, 0.05) is 23.5 Å². The van der Waals surface area contributed by atoms with Gasteiger partial charge >= 0.3 is 0 Å². The van der Waals surface area contributed by atoms with Gasteiger partial charge in [0.15, 0.2) is 0 Å². The van der Waals surface area contributed by atoms with Crippen molar-refractivity contribution in [2.45, 2.75) is 59.2 Å². The maximum absolute atomic E-state index is 12.3. The Bertz CT molecular complexity index is 538. The Hall–Kier alpha value is -1.55. The molecule has 5 heteroatoms. The van der Waals surface area contributed by atoms with E-state index in [4.69, 9.17) is 11.6 Å². The minimum Gasteiger partial charge on any atom is -0.350 e. The van der Waals surface area contributed by atoms with Crippen LogP contribution in [0.1, 0.15) is 46.6 Å². The molecule has 0 saturated heterocycles. The van der Waals surface area contributed by atoms with Crippen molar-refractivity contribution in [1.82, 2.24) is 10.2 Å². The summed E-state index contributed by atoms with van der Waals surface area (Å²) in [7, 11) is 0. The van der Waals surface area contributed by atoms with Crippen LogP contribution in [0, 0.1) is 0 Å². The van der Waals surface area contributed by atoms with E-state index < -0.39 is 6.04 Å². The SMILES string of the molecule is CCC(=O)N(Cc1cccc(Cl)c1)[C@@H](C)C(=O)NC(C)(C)C. The highest BCUT2D eigenvalue weighted by Gasteiger charge is 2.27. The first-order chi connectivity index (χ1) is 10.1. The summed E-state index contributed by atoms with van der Waals surface area (Å²) in [5.41, 5.74) is 0.576. The molecule has 1 atom stereocenters. The molecule has 0 fully saturated rings. The summed E-state index contributed by atoms with van der Waals surface area (Å²) in [5.74, 6) is -0.215. The molecule has 4 nitrogen and oxygen atoms in total. The van der Waals surface area contributed by atoms with E-state index in [2.05, 4.69) is 5.32 Å². The van der Waals surface area contributed by atoms with Gasteiger partial charge in [-0.25, -0.2) is 0 Å². The first-order valence-corrected chi connectivity index (χ1v) is 7.87. The highest BCUT2D eigenvalue weighted by Crippen LogP contribution is 2.15. The third kappa shape index (κ3) is 5.68. The monoisotopic (exact) mass is 324 g/mol. The van der Waals surface area contributed by atoms with Crippen molar-refractivity contribution in [3.05, 3.63) is 34.9 Å². The third-order valence-corrected chi connectivity index (χ3v) is 3.44. The van der Waals surface area contributed by atoms with E-state index in [1.807, 2.05) is 39.0 Å². The smallest absolute Gasteiger partial charge is 0.242 e. The second kappa shape index (κ2) is 7.63. The van der Waals surface area contributed by atoms with Gasteiger partial charge in [0.05, 0.1) is 0 Å².